The van der Waals surface area contributed by atoms with Crippen LogP contribution in [0.2, 0.25) is 0 Å². The zero-order chi connectivity index (χ0) is 17.2. The van der Waals surface area contributed by atoms with Crippen molar-refractivity contribution >= 4 is 11.7 Å². The predicted octanol–water partition coefficient (Wildman–Crippen LogP) is 2.69. The first-order valence-corrected chi connectivity index (χ1v) is 6.70. The Morgan fingerprint density at radius 3 is 2.43 bits per heavy atom. The lowest BCUT2D eigenvalue weighted by Crippen LogP contribution is -2.29. The molecule has 6 nitrogen and oxygen atoms in total. The molecule has 2 aromatic heterocycles. The van der Waals surface area contributed by atoms with Crippen molar-refractivity contribution in [1.82, 2.24) is 20.2 Å². The summed E-state index contributed by atoms with van der Waals surface area (Å²) in [6.07, 6.45) is -1.87. The lowest BCUT2D eigenvalue weighted by atomic mass is 10.0. The van der Waals surface area contributed by atoms with Gasteiger partial charge in [0.15, 0.2) is 11.5 Å². The number of halogens is 3. The third-order valence-electron chi connectivity index (χ3n) is 3.11. The fraction of sp³-hybridized carbons (Fsp3) is 0.357. The summed E-state index contributed by atoms with van der Waals surface area (Å²) in [6, 6.07) is 1.86. The second-order valence-corrected chi connectivity index (χ2v) is 5.12. The van der Waals surface area contributed by atoms with Gasteiger partial charge in [-0.2, -0.15) is 13.2 Å². The number of rotatable bonds is 3. The number of amides is 1. The van der Waals surface area contributed by atoms with Gasteiger partial charge in [-0.3, -0.25) is 9.69 Å². The maximum atomic E-state index is 12.5. The van der Waals surface area contributed by atoms with E-state index >= 15 is 0 Å². The molecule has 122 valence electrons. The van der Waals surface area contributed by atoms with E-state index in [2.05, 4.69) is 20.2 Å². The molecule has 0 N–H and O–H groups in total. The van der Waals surface area contributed by atoms with Crippen molar-refractivity contribution in [2.24, 2.45) is 0 Å². The van der Waals surface area contributed by atoms with E-state index in [0.717, 1.165) is 17.0 Å². The van der Waals surface area contributed by atoms with Gasteiger partial charge in [-0.25, -0.2) is 9.97 Å². The van der Waals surface area contributed by atoms with E-state index < -0.39 is 17.8 Å². The Bertz CT molecular complexity index is 700. The van der Waals surface area contributed by atoms with Crippen LogP contribution in [-0.2, 0) is 6.18 Å². The summed E-state index contributed by atoms with van der Waals surface area (Å²) >= 11 is 0. The average Bonchev–Trinajstić information content (AvgIpc) is 2.52. The van der Waals surface area contributed by atoms with Gasteiger partial charge in [0, 0.05) is 13.2 Å². The maximum Gasteiger partial charge on any atom is 0.435 e. The first-order valence-electron chi connectivity index (χ1n) is 6.70. The van der Waals surface area contributed by atoms with Crippen LogP contribution in [0.3, 0.4) is 0 Å². The van der Waals surface area contributed by atoms with Crippen molar-refractivity contribution in [1.29, 1.82) is 0 Å². The van der Waals surface area contributed by atoms with E-state index in [1.807, 2.05) is 13.8 Å². The van der Waals surface area contributed by atoms with Gasteiger partial charge in [0.25, 0.3) is 5.91 Å². The Labute approximate surface area is 130 Å². The third kappa shape index (κ3) is 3.61. The molecule has 0 aliphatic heterocycles. The van der Waals surface area contributed by atoms with E-state index in [1.165, 1.54) is 19.6 Å². The second kappa shape index (κ2) is 6.27. The molecule has 0 unspecified atom stereocenters. The predicted molar refractivity (Wildman–Crippen MR) is 75.9 cm³/mol. The molecule has 0 saturated carbocycles. The molecule has 0 radical (unpaired) electrons. The van der Waals surface area contributed by atoms with E-state index in [4.69, 9.17) is 0 Å². The van der Waals surface area contributed by atoms with Gasteiger partial charge in [0.2, 0.25) is 0 Å². The minimum atomic E-state index is -4.58. The maximum absolute atomic E-state index is 12.5. The normalized spacial score (nSPS) is 11.6. The van der Waals surface area contributed by atoms with Gasteiger partial charge >= 0.3 is 6.18 Å². The standard InChI is InChI=1S/C14H14F3N5O/c1-8(2)12-9(6-18-7-19-12)13(23)22(3)11-5-4-10(20-21-11)14(15,16)17/h4-8H,1-3H3. The second-order valence-electron chi connectivity index (χ2n) is 5.12. The van der Waals surface area contributed by atoms with Crippen molar-refractivity contribution in [3.05, 3.63) is 41.6 Å². The highest BCUT2D eigenvalue weighted by atomic mass is 19.4. The van der Waals surface area contributed by atoms with Crippen LogP contribution in [0, 0.1) is 0 Å². The number of hydrogen-bond acceptors (Lipinski definition) is 5. The monoisotopic (exact) mass is 325 g/mol. The fourth-order valence-corrected chi connectivity index (χ4v) is 1.90. The Morgan fingerprint density at radius 1 is 1.22 bits per heavy atom. The number of alkyl halides is 3. The third-order valence-corrected chi connectivity index (χ3v) is 3.11. The molecule has 0 aliphatic carbocycles. The van der Waals surface area contributed by atoms with Crippen molar-refractivity contribution in [3.63, 3.8) is 0 Å². The number of anilines is 1. The van der Waals surface area contributed by atoms with E-state index in [9.17, 15) is 18.0 Å². The van der Waals surface area contributed by atoms with Gasteiger partial charge in [0.05, 0.1) is 11.3 Å². The van der Waals surface area contributed by atoms with Crippen LogP contribution in [0.4, 0.5) is 19.0 Å². The zero-order valence-electron chi connectivity index (χ0n) is 12.7. The Balaban J connectivity index is 2.30. The van der Waals surface area contributed by atoms with Crippen LogP contribution in [0.25, 0.3) is 0 Å². The quantitative estimate of drug-likeness (QED) is 0.867. The number of hydrogen-bond donors (Lipinski definition) is 0. The van der Waals surface area contributed by atoms with Crippen LogP contribution in [0.1, 0.15) is 41.5 Å². The summed E-state index contributed by atoms with van der Waals surface area (Å²) in [5.74, 6) is -0.478. The number of nitrogens with zero attached hydrogens (tertiary/aromatic N) is 5. The Kier molecular flexibility index (Phi) is 4.57. The molecule has 0 fully saturated rings. The number of carbonyl (C=O) groups is 1. The van der Waals surface area contributed by atoms with Gasteiger partial charge in [-0.15, -0.1) is 10.2 Å². The van der Waals surface area contributed by atoms with E-state index in [1.54, 1.807) is 0 Å². The van der Waals surface area contributed by atoms with E-state index in [0.29, 0.717) is 5.69 Å². The van der Waals surface area contributed by atoms with Gasteiger partial charge in [0.1, 0.15) is 6.33 Å². The summed E-state index contributed by atoms with van der Waals surface area (Å²) in [5, 5.41) is 6.56. The molecule has 0 aromatic carbocycles. The van der Waals surface area contributed by atoms with Crippen LogP contribution in [-0.4, -0.2) is 33.1 Å². The molecule has 2 aromatic rings. The molecule has 0 aliphatic rings. The first kappa shape index (κ1) is 16.8. The molecule has 2 rings (SSSR count). The molecule has 1 amide bonds. The Morgan fingerprint density at radius 2 is 1.91 bits per heavy atom. The van der Waals surface area contributed by atoms with Gasteiger partial charge < -0.3 is 0 Å². The zero-order valence-corrected chi connectivity index (χ0v) is 12.7. The molecular formula is C14H14F3N5O. The number of aromatic nitrogens is 4. The molecule has 0 spiro atoms. The minimum Gasteiger partial charge on any atom is -0.294 e. The van der Waals surface area contributed by atoms with Crippen LogP contribution < -0.4 is 4.90 Å². The number of carbonyl (C=O) groups excluding carboxylic acids is 1. The van der Waals surface area contributed by atoms with Crippen LogP contribution in [0.5, 0.6) is 0 Å². The average molecular weight is 325 g/mol. The van der Waals surface area contributed by atoms with Gasteiger partial charge in [-0.1, -0.05) is 13.8 Å². The highest BCUT2D eigenvalue weighted by Crippen LogP contribution is 2.27. The molecule has 0 saturated heterocycles. The Hall–Kier alpha value is -2.58. The topological polar surface area (TPSA) is 71.9 Å². The molecule has 9 heteroatoms. The highest BCUT2D eigenvalue weighted by molar-refractivity contribution is 6.05. The fourth-order valence-electron chi connectivity index (χ4n) is 1.90. The summed E-state index contributed by atoms with van der Waals surface area (Å²) in [4.78, 5) is 21.5. The lowest BCUT2D eigenvalue weighted by molar-refractivity contribution is -0.141. The van der Waals surface area contributed by atoms with Crippen LogP contribution >= 0.6 is 0 Å². The SMILES string of the molecule is CC(C)c1ncncc1C(=O)N(C)c1ccc(C(F)(F)F)nn1. The van der Waals surface area contributed by atoms with E-state index in [-0.39, 0.29) is 17.3 Å². The molecule has 23 heavy (non-hydrogen) atoms. The van der Waals surface area contributed by atoms with Crippen molar-refractivity contribution in [2.75, 3.05) is 11.9 Å². The summed E-state index contributed by atoms with van der Waals surface area (Å²) in [6.45, 7) is 3.74. The largest absolute Gasteiger partial charge is 0.435 e. The lowest BCUT2D eigenvalue weighted by Gasteiger charge is -2.18. The van der Waals surface area contributed by atoms with Gasteiger partial charge in [-0.05, 0) is 18.1 Å². The smallest absolute Gasteiger partial charge is 0.294 e. The summed E-state index contributed by atoms with van der Waals surface area (Å²) < 4.78 is 37.5. The minimum absolute atomic E-state index is 0.00144. The van der Waals surface area contributed by atoms with Crippen molar-refractivity contribution in [2.45, 2.75) is 25.9 Å². The summed E-state index contributed by atoms with van der Waals surface area (Å²) in [5.41, 5.74) is -0.295. The summed E-state index contributed by atoms with van der Waals surface area (Å²) in [7, 11) is 1.40. The van der Waals surface area contributed by atoms with Crippen molar-refractivity contribution in [3.8, 4) is 0 Å². The highest BCUT2D eigenvalue weighted by Gasteiger charge is 2.33. The first-order chi connectivity index (χ1) is 10.7. The molecule has 0 atom stereocenters. The molecule has 0 bridgehead atoms. The van der Waals surface area contributed by atoms with Crippen LogP contribution in [0.15, 0.2) is 24.7 Å². The molecule has 2 heterocycles. The van der Waals surface area contributed by atoms with Crippen molar-refractivity contribution < 1.29 is 18.0 Å². The molecular weight excluding hydrogens is 311 g/mol.